The first kappa shape index (κ1) is 90.2. The minimum absolute atomic E-state index is 0.0104. The zero-order chi connectivity index (χ0) is 78.7. The highest BCUT2D eigenvalue weighted by Gasteiger charge is 2.34. The quantitative estimate of drug-likeness (QED) is 0.0271. The number of rotatable bonds is 50. The normalized spacial score (nSPS) is 15.2. The molecule has 1 fully saturated rings. The molecule has 10 amide bonds. The number of carbonyl (C=O) groups is 18. The lowest BCUT2D eigenvalue weighted by Crippen LogP contribution is -2.59. The maximum absolute atomic E-state index is 14.3. The van der Waals surface area contributed by atoms with E-state index in [1.807, 2.05) is 10.6 Å². The van der Waals surface area contributed by atoms with Crippen LogP contribution in [-0.4, -0.2) is 312 Å². The number of hydrogen-bond donors (Lipinski definition) is 20. The minimum atomic E-state index is -1.87. The molecule has 0 radical (unpaired) electrons. The molecule has 586 valence electrons. The predicted octanol–water partition coefficient (Wildman–Crippen LogP) is -5.27. The third-order valence-electron chi connectivity index (χ3n) is 16.1. The number of nitrogens with two attached hydrogens (primary N) is 1. The molecule has 2 rings (SSSR count). The van der Waals surface area contributed by atoms with Crippen LogP contribution in [0.15, 0.2) is 24.3 Å². The van der Waals surface area contributed by atoms with Crippen molar-refractivity contribution in [1.29, 1.82) is 0 Å². The second-order valence-corrected chi connectivity index (χ2v) is 24.6. The number of amides is 10. The molecular formula is C63H96N14O28. The van der Waals surface area contributed by atoms with E-state index in [1.54, 1.807) is 19.6 Å². The van der Waals surface area contributed by atoms with Crippen molar-refractivity contribution in [3.8, 4) is 5.75 Å². The Balaban J connectivity index is 2.19. The van der Waals surface area contributed by atoms with Crippen molar-refractivity contribution in [2.24, 2.45) is 5.73 Å². The van der Waals surface area contributed by atoms with Crippen molar-refractivity contribution < 1.29 is 137 Å². The third-order valence-corrected chi connectivity index (χ3v) is 16.1. The number of primary amides is 1. The van der Waals surface area contributed by atoms with Gasteiger partial charge in [-0.2, -0.15) is 0 Å². The first-order chi connectivity index (χ1) is 49.5. The number of aromatic hydroxyl groups is 1. The Kier molecular flexibility index (Phi) is 42.0. The van der Waals surface area contributed by atoms with E-state index in [9.17, 15) is 132 Å². The van der Waals surface area contributed by atoms with E-state index in [0.29, 0.717) is 5.56 Å². The van der Waals surface area contributed by atoms with Gasteiger partial charge in [0.25, 0.3) is 0 Å². The molecular weight excluding hydrogens is 1400 g/mol. The Morgan fingerprint density at radius 3 is 1.07 bits per heavy atom. The molecule has 1 aliphatic heterocycles. The summed E-state index contributed by atoms with van der Waals surface area (Å²) in [5.74, 6) is -20.1. The topological polar surface area (TPSA) is 657 Å². The van der Waals surface area contributed by atoms with Crippen molar-refractivity contribution in [2.75, 3.05) is 91.6 Å². The summed E-state index contributed by atoms with van der Waals surface area (Å²) in [6.07, 6.45) is -6.13. The monoisotopic (exact) mass is 1500 g/mol. The Morgan fingerprint density at radius 1 is 0.333 bits per heavy atom. The number of aliphatic carboxylic acids is 9. The second kappa shape index (κ2) is 48.9. The van der Waals surface area contributed by atoms with Crippen LogP contribution in [0.4, 0.5) is 4.79 Å². The number of nitrogens with zero attached hydrogens (tertiary/aromatic N) is 4. The summed E-state index contributed by atoms with van der Waals surface area (Å²) in [6.45, 7) is 0.00488. The smallest absolute Gasteiger partial charge is 0.326 e. The second-order valence-electron chi connectivity index (χ2n) is 24.6. The van der Waals surface area contributed by atoms with E-state index in [1.165, 1.54) is 24.3 Å². The van der Waals surface area contributed by atoms with Gasteiger partial charge in [0.2, 0.25) is 47.3 Å². The highest BCUT2D eigenvalue weighted by Crippen LogP contribution is 2.15. The van der Waals surface area contributed by atoms with Crippen LogP contribution >= 0.6 is 0 Å². The average Bonchev–Trinajstić information content (AvgIpc) is 0.855. The standard InChI is InChI=1S/C63H96N14O28/c64-56(96)39(6-3-5-23-66-48(81)33-74-24-26-75(34-53(90)91)28-30-77(36-55(94)95)31-29-76(27-25-74)35-54(92)93)68-60(100)45(32-37-8-10-38(78)11-9-37)71-59(99)42(15-20-51(86)87)70-58(98)41(14-19-50(84)85)69-57(97)40(13-18-49(82)83)67-47(80)7-2-1-4-22-65-46(79)17-12-43(61(101)102)72-63(105)73-44(62(103)104)16-21-52(88)89/h8-11,39-45,78H,1-7,12-36H2,(H2,64,96)(H,65,79)(H,66,81)(H,67,80)(H,68,100)(H,69,97)(H,70,98)(H,71,99)(H,82,83)(H,84,85)(H,86,87)(H,88,89)(H,90,91)(H,92,93)(H,94,95)(H,101,102)(H,103,104)(H2,72,73,105). The van der Waals surface area contributed by atoms with Gasteiger partial charge in [-0.3, -0.25) is 91.5 Å². The van der Waals surface area contributed by atoms with Gasteiger partial charge in [-0.1, -0.05) is 18.6 Å². The number of hydrogen-bond acceptors (Lipinski definition) is 23. The van der Waals surface area contributed by atoms with E-state index in [2.05, 4.69) is 37.2 Å². The summed E-state index contributed by atoms with van der Waals surface area (Å²) < 4.78 is 0. The number of carboxylic acids is 9. The Bertz CT molecular complexity index is 3130. The van der Waals surface area contributed by atoms with Gasteiger partial charge in [0.15, 0.2) is 0 Å². The van der Waals surface area contributed by atoms with Crippen molar-refractivity contribution in [1.82, 2.24) is 67.5 Å². The highest BCUT2D eigenvalue weighted by atomic mass is 16.4. The zero-order valence-corrected chi connectivity index (χ0v) is 57.7. The molecule has 0 aromatic heterocycles. The number of urea groups is 1. The van der Waals surface area contributed by atoms with Crippen molar-refractivity contribution in [3.63, 3.8) is 0 Å². The molecule has 0 aliphatic carbocycles. The lowest BCUT2D eigenvalue weighted by Gasteiger charge is -2.32. The maximum Gasteiger partial charge on any atom is 0.326 e. The summed E-state index contributed by atoms with van der Waals surface area (Å²) in [6, 6.07) is -7.82. The largest absolute Gasteiger partial charge is 0.508 e. The number of phenolic OH excluding ortho intramolecular Hbond substituents is 1. The summed E-state index contributed by atoms with van der Waals surface area (Å²) in [5.41, 5.74) is 6.02. The summed E-state index contributed by atoms with van der Waals surface area (Å²) in [5, 5.41) is 116. The van der Waals surface area contributed by atoms with Crippen LogP contribution in [0.1, 0.15) is 115 Å². The zero-order valence-electron chi connectivity index (χ0n) is 57.7. The van der Waals surface area contributed by atoms with Crippen LogP contribution in [0.2, 0.25) is 0 Å². The molecule has 0 spiro atoms. The lowest BCUT2D eigenvalue weighted by atomic mass is 10.0. The van der Waals surface area contributed by atoms with Gasteiger partial charge in [-0.05, 0) is 81.9 Å². The molecule has 1 aliphatic rings. The number of phenols is 1. The maximum atomic E-state index is 14.3. The van der Waals surface area contributed by atoms with Gasteiger partial charge in [-0.15, -0.1) is 0 Å². The summed E-state index contributed by atoms with van der Waals surface area (Å²) in [4.78, 5) is 231. The first-order valence-corrected chi connectivity index (χ1v) is 33.6. The van der Waals surface area contributed by atoms with Crippen LogP contribution in [0, 0.1) is 0 Å². The first-order valence-electron chi connectivity index (χ1n) is 33.6. The van der Waals surface area contributed by atoms with Gasteiger partial charge in [0, 0.05) is 110 Å². The predicted molar refractivity (Wildman–Crippen MR) is 359 cm³/mol. The fourth-order valence-corrected chi connectivity index (χ4v) is 10.4. The van der Waals surface area contributed by atoms with Gasteiger partial charge < -0.3 is 105 Å². The van der Waals surface area contributed by atoms with Crippen LogP contribution in [0.25, 0.3) is 0 Å². The molecule has 7 atom stereocenters. The van der Waals surface area contributed by atoms with Crippen LogP contribution in [0.5, 0.6) is 5.75 Å². The molecule has 21 N–H and O–H groups in total. The molecule has 1 aromatic rings. The fourth-order valence-electron chi connectivity index (χ4n) is 10.4. The van der Waals surface area contributed by atoms with Crippen molar-refractivity contribution in [3.05, 3.63) is 29.8 Å². The number of carboxylic acid groups (broad SMARTS) is 9. The molecule has 7 unspecified atom stereocenters. The summed E-state index contributed by atoms with van der Waals surface area (Å²) >= 11 is 0. The van der Waals surface area contributed by atoms with E-state index < -0.39 is 214 Å². The van der Waals surface area contributed by atoms with Crippen LogP contribution < -0.4 is 53.6 Å². The molecule has 0 saturated carbocycles. The number of nitrogens with one attached hydrogen (secondary N) is 9. The van der Waals surface area contributed by atoms with Gasteiger partial charge in [0.05, 0.1) is 26.2 Å². The van der Waals surface area contributed by atoms with Crippen molar-refractivity contribution >= 4 is 107 Å². The SMILES string of the molecule is NC(=O)C(CCCCNC(=O)CN1CCN(CC(=O)O)CCN(CC(=O)O)CCN(CC(=O)O)CC1)NC(=O)C(Cc1ccc(O)cc1)NC(=O)C(CCC(=O)O)NC(=O)C(CCC(=O)O)NC(=O)C(CCC(=O)O)NC(=O)CCCCCNC(=O)CCC(NC(=O)NC(CCC(=O)O)C(=O)O)C(=O)O. The lowest BCUT2D eigenvalue weighted by molar-refractivity contribution is -0.141. The summed E-state index contributed by atoms with van der Waals surface area (Å²) in [7, 11) is 0. The molecule has 105 heavy (non-hydrogen) atoms. The molecule has 42 nitrogen and oxygen atoms in total. The minimum Gasteiger partial charge on any atom is -0.508 e. The van der Waals surface area contributed by atoms with E-state index >= 15 is 0 Å². The van der Waals surface area contributed by atoms with E-state index in [4.69, 9.17) is 10.8 Å². The molecule has 0 bridgehead atoms. The van der Waals surface area contributed by atoms with Crippen LogP contribution in [-0.2, 0) is 87.9 Å². The van der Waals surface area contributed by atoms with Crippen LogP contribution in [0.3, 0.4) is 0 Å². The van der Waals surface area contributed by atoms with E-state index in [-0.39, 0.29) is 149 Å². The number of unbranched alkanes of at least 4 members (excludes halogenated alkanes) is 3. The third kappa shape index (κ3) is 41.1. The molecule has 1 heterocycles. The average molecular weight is 1500 g/mol. The Morgan fingerprint density at radius 2 is 0.676 bits per heavy atom. The van der Waals surface area contributed by atoms with E-state index in [0.717, 1.165) is 0 Å². The van der Waals surface area contributed by atoms with Gasteiger partial charge in [-0.25, -0.2) is 14.4 Å². The fraction of sp³-hybridized carbons (Fsp3) is 0.619. The number of benzene rings is 1. The van der Waals surface area contributed by atoms with Gasteiger partial charge in [0.1, 0.15) is 48.0 Å². The number of carbonyl (C=O) groups excluding carboxylic acids is 9. The molecule has 42 heteroatoms. The Hall–Kier alpha value is -10.9. The molecule has 1 aromatic carbocycles. The molecule has 1 saturated heterocycles. The van der Waals surface area contributed by atoms with Gasteiger partial charge >= 0.3 is 59.8 Å². The highest BCUT2D eigenvalue weighted by molar-refractivity contribution is 5.97. The Labute approximate surface area is 600 Å². The van der Waals surface area contributed by atoms with Crippen molar-refractivity contribution in [2.45, 2.75) is 158 Å².